The van der Waals surface area contributed by atoms with Crippen molar-refractivity contribution in [1.29, 1.82) is 0 Å². The second kappa shape index (κ2) is 6.41. The zero-order valence-electron chi connectivity index (χ0n) is 12.6. The van der Waals surface area contributed by atoms with E-state index in [2.05, 4.69) is 5.10 Å². The Labute approximate surface area is 130 Å². The van der Waals surface area contributed by atoms with Gasteiger partial charge < -0.3 is 10.0 Å². The largest absolute Gasteiger partial charge is 0.434 e. The van der Waals surface area contributed by atoms with Gasteiger partial charge in [-0.2, -0.15) is 18.3 Å². The van der Waals surface area contributed by atoms with Gasteiger partial charge in [-0.1, -0.05) is 18.2 Å². The van der Waals surface area contributed by atoms with Gasteiger partial charge in [-0.25, -0.2) is 4.68 Å². The number of aliphatic hydroxyl groups is 1. The molecule has 124 valence electrons. The number of amides is 1. The molecule has 5 nitrogen and oxygen atoms in total. The van der Waals surface area contributed by atoms with E-state index in [1.165, 1.54) is 13.1 Å². The monoisotopic (exact) mass is 327 g/mol. The molecule has 0 saturated heterocycles. The van der Waals surface area contributed by atoms with Gasteiger partial charge in [-0.05, 0) is 18.6 Å². The van der Waals surface area contributed by atoms with Crippen LogP contribution in [0.15, 0.2) is 30.5 Å². The first-order valence-corrected chi connectivity index (χ1v) is 6.85. The number of nitrogens with zero attached hydrogens (tertiary/aromatic N) is 3. The fourth-order valence-corrected chi connectivity index (χ4v) is 2.22. The second-order valence-electron chi connectivity index (χ2n) is 5.05. The van der Waals surface area contributed by atoms with Gasteiger partial charge >= 0.3 is 6.18 Å². The highest BCUT2D eigenvalue weighted by Gasteiger charge is 2.41. The Hall–Kier alpha value is -2.35. The minimum Gasteiger partial charge on any atom is -0.395 e. The molecule has 0 bridgehead atoms. The van der Waals surface area contributed by atoms with Crippen molar-refractivity contribution in [2.45, 2.75) is 13.1 Å². The van der Waals surface area contributed by atoms with Crippen LogP contribution in [0.1, 0.15) is 21.6 Å². The van der Waals surface area contributed by atoms with E-state index >= 15 is 0 Å². The predicted molar refractivity (Wildman–Crippen MR) is 77.3 cm³/mol. The first-order valence-electron chi connectivity index (χ1n) is 6.85. The summed E-state index contributed by atoms with van der Waals surface area (Å²) in [6, 6.07) is 6.47. The minimum absolute atomic E-state index is 0.0638. The summed E-state index contributed by atoms with van der Waals surface area (Å²) in [6.45, 7) is 1.26. The van der Waals surface area contributed by atoms with Gasteiger partial charge in [0.15, 0.2) is 5.69 Å². The standard InChI is InChI=1S/C15H16F3N3O2/c1-10-5-3-4-6-12(10)21-13(15(16,17)18)11(9-19-21)14(23)20(2)7-8-22/h3-6,9,22H,7-8H2,1-2H3. The van der Waals surface area contributed by atoms with E-state index in [4.69, 9.17) is 5.11 Å². The highest BCUT2D eigenvalue weighted by Crippen LogP contribution is 2.34. The second-order valence-corrected chi connectivity index (χ2v) is 5.05. The first-order chi connectivity index (χ1) is 10.8. The fourth-order valence-electron chi connectivity index (χ4n) is 2.22. The van der Waals surface area contributed by atoms with E-state index in [1.807, 2.05) is 0 Å². The maximum atomic E-state index is 13.5. The van der Waals surface area contributed by atoms with E-state index in [0.717, 1.165) is 15.8 Å². The molecule has 23 heavy (non-hydrogen) atoms. The van der Waals surface area contributed by atoms with Gasteiger partial charge in [0.05, 0.1) is 24.1 Å². The Morgan fingerprint density at radius 3 is 2.57 bits per heavy atom. The van der Waals surface area contributed by atoms with Crippen molar-refractivity contribution in [3.8, 4) is 5.69 Å². The lowest BCUT2D eigenvalue weighted by Gasteiger charge is -2.18. The zero-order chi connectivity index (χ0) is 17.2. The van der Waals surface area contributed by atoms with Crippen molar-refractivity contribution in [2.75, 3.05) is 20.2 Å². The number of aryl methyl sites for hydroxylation is 1. The number of carbonyl (C=O) groups is 1. The average molecular weight is 327 g/mol. The molecule has 8 heteroatoms. The zero-order valence-corrected chi connectivity index (χ0v) is 12.6. The molecule has 1 N–H and O–H groups in total. The number of hydrogen-bond acceptors (Lipinski definition) is 3. The predicted octanol–water partition coefficient (Wildman–Crippen LogP) is 2.26. The summed E-state index contributed by atoms with van der Waals surface area (Å²) in [5.41, 5.74) is -0.814. The molecule has 1 heterocycles. The molecule has 1 aromatic carbocycles. The molecule has 0 aliphatic heterocycles. The van der Waals surface area contributed by atoms with E-state index in [1.54, 1.807) is 25.1 Å². The highest BCUT2D eigenvalue weighted by molar-refractivity contribution is 5.95. The van der Waals surface area contributed by atoms with Crippen LogP contribution in [0, 0.1) is 6.92 Å². The number of halogens is 3. The maximum absolute atomic E-state index is 13.5. The van der Waals surface area contributed by atoms with Crippen molar-refractivity contribution < 1.29 is 23.1 Å². The fraction of sp³-hybridized carbons (Fsp3) is 0.333. The van der Waals surface area contributed by atoms with Gasteiger partial charge in [0, 0.05) is 13.6 Å². The Bertz CT molecular complexity index is 710. The Morgan fingerprint density at radius 2 is 2.00 bits per heavy atom. The van der Waals surface area contributed by atoms with Crippen LogP contribution >= 0.6 is 0 Å². The van der Waals surface area contributed by atoms with Gasteiger partial charge in [-0.3, -0.25) is 4.79 Å². The van der Waals surface area contributed by atoms with Gasteiger partial charge in [0.2, 0.25) is 0 Å². The molecule has 1 amide bonds. The molecule has 0 atom stereocenters. The number of benzene rings is 1. The molecule has 2 aromatic rings. The molecule has 2 rings (SSSR count). The van der Waals surface area contributed by atoms with Crippen LogP contribution in [-0.4, -0.2) is 45.9 Å². The van der Waals surface area contributed by atoms with Crippen LogP contribution in [0.4, 0.5) is 13.2 Å². The highest BCUT2D eigenvalue weighted by atomic mass is 19.4. The number of para-hydroxylation sites is 1. The van der Waals surface area contributed by atoms with E-state index in [0.29, 0.717) is 5.56 Å². The molecule has 0 spiro atoms. The van der Waals surface area contributed by atoms with Crippen LogP contribution in [0.2, 0.25) is 0 Å². The first kappa shape index (κ1) is 17.0. The van der Waals surface area contributed by atoms with Crippen molar-refractivity contribution in [2.24, 2.45) is 0 Å². The maximum Gasteiger partial charge on any atom is 0.434 e. The third-order valence-electron chi connectivity index (χ3n) is 3.39. The SMILES string of the molecule is Cc1ccccc1-n1ncc(C(=O)N(C)CCO)c1C(F)(F)F. The van der Waals surface area contributed by atoms with Crippen molar-refractivity contribution in [3.05, 3.63) is 47.3 Å². The van der Waals surface area contributed by atoms with E-state index < -0.39 is 23.3 Å². The number of hydrogen-bond donors (Lipinski definition) is 1. The molecular weight excluding hydrogens is 311 g/mol. The van der Waals surface area contributed by atoms with Crippen LogP contribution in [0.3, 0.4) is 0 Å². The van der Waals surface area contributed by atoms with Crippen LogP contribution < -0.4 is 0 Å². The Balaban J connectivity index is 2.59. The van der Waals surface area contributed by atoms with Gasteiger partial charge in [-0.15, -0.1) is 0 Å². The van der Waals surface area contributed by atoms with Gasteiger partial charge in [0.25, 0.3) is 5.91 Å². The van der Waals surface area contributed by atoms with Crippen molar-refractivity contribution in [1.82, 2.24) is 14.7 Å². The number of alkyl halides is 3. The van der Waals surface area contributed by atoms with E-state index in [-0.39, 0.29) is 18.8 Å². The van der Waals surface area contributed by atoms with Crippen molar-refractivity contribution in [3.63, 3.8) is 0 Å². The third-order valence-corrected chi connectivity index (χ3v) is 3.39. The lowest BCUT2D eigenvalue weighted by molar-refractivity contribution is -0.143. The Kier molecular flexibility index (Phi) is 4.74. The molecule has 0 fully saturated rings. The smallest absolute Gasteiger partial charge is 0.395 e. The molecule has 1 aromatic heterocycles. The molecule has 0 aliphatic carbocycles. The van der Waals surface area contributed by atoms with Crippen LogP contribution in [0.25, 0.3) is 5.69 Å². The topological polar surface area (TPSA) is 58.4 Å². The molecule has 0 saturated carbocycles. The number of carbonyl (C=O) groups excluding carboxylic acids is 1. The van der Waals surface area contributed by atoms with Crippen LogP contribution in [-0.2, 0) is 6.18 Å². The summed E-state index contributed by atoms with van der Waals surface area (Å²) in [6.07, 6.45) is -3.84. The molecule has 0 unspecified atom stereocenters. The number of aliphatic hydroxyl groups excluding tert-OH is 1. The summed E-state index contributed by atoms with van der Waals surface area (Å²) in [5.74, 6) is -0.841. The summed E-state index contributed by atoms with van der Waals surface area (Å²) in [7, 11) is 1.32. The lowest BCUT2D eigenvalue weighted by Crippen LogP contribution is -2.31. The average Bonchev–Trinajstić information content (AvgIpc) is 2.92. The number of likely N-dealkylation sites (N-methyl/N-ethyl adjacent to an activating group) is 1. The number of rotatable bonds is 4. The normalized spacial score (nSPS) is 11.6. The lowest BCUT2D eigenvalue weighted by atomic mass is 10.1. The summed E-state index contributed by atoms with van der Waals surface area (Å²) in [4.78, 5) is 13.2. The quantitative estimate of drug-likeness (QED) is 0.937. The van der Waals surface area contributed by atoms with E-state index in [9.17, 15) is 18.0 Å². The van der Waals surface area contributed by atoms with Crippen LogP contribution in [0.5, 0.6) is 0 Å². The number of aromatic nitrogens is 2. The Morgan fingerprint density at radius 1 is 1.35 bits per heavy atom. The molecular formula is C15H16F3N3O2. The van der Waals surface area contributed by atoms with Gasteiger partial charge in [0.1, 0.15) is 0 Å². The molecule has 0 radical (unpaired) electrons. The third kappa shape index (κ3) is 3.37. The summed E-state index contributed by atoms with van der Waals surface area (Å²) >= 11 is 0. The summed E-state index contributed by atoms with van der Waals surface area (Å²) < 4.78 is 41.2. The summed E-state index contributed by atoms with van der Waals surface area (Å²) in [5, 5.41) is 12.6. The minimum atomic E-state index is -4.75. The molecule has 0 aliphatic rings. The van der Waals surface area contributed by atoms with Crippen molar-refractivity contribution >= 4 is 5.91 Å².